The minimum absolute atomic E-state index is 1.15. The van der Waals surface area contributed by atoms with Crippen LogP contribution in [0.2, 0.25) is 0 Å². The quantitative estimate of drug-likeness (QED) is 0.860. The third kappa shape index (κ3) is 2.57. The van der Waals surface area contributed by atoms with Crippen molar-refractivity contribution in [3.05, 3.63) is 36.0 Å². The molecule has 0 amide bonds. The summed E-state index contributed by atoms with van der Waals surface area (Å²) in [4.78, 5) is 5.91. The van der Waals surface area contributed by atoms with E-state index in [1.807, 2.05) is 0 Å². The van der Waals surface area contributed by atoms with Crippen molar-refractivity contribution in [2.45, 2.75) is 12.8 Å². The molecule has 0 spiro atoms. The van der Waals surface area contributed by atoms with Crippen molar-refractivity contribution in [2.75, 3.05) is 32.7 Å². The molecule has 2 N–H and O–H groups in total. The van der Waals surface area contributed by atoms with Crippen LogP contribution in [0.4, 0.5) is 0 Å². The minimum atomic E-state index is 1.15. The van der Waals surface area contributed by atoms with E-state index in [1.54, 1.807) is 0 Å². The number of aromatic nitrogens is 1. The molecule has 1 aromatic carbocycles. The average molecular weight is 243 g/mol. The van der Waals surface area contributed by atoms with Crippen molar-refractivity contribution in [1.29, 1.82) is 0 Å². The Balaban J connectivity index is 1.56. The van der Waals surface area contributed by atoms with E-state index in [1.165, 1.54) is 48.9 Å². The average Bonchev–Trinajstić information content (AvgIpc) is 2.84. The normalized spacial score (nSPS) is 17.3. The largest absolute Gasteiger partial charge is 0.361 e. The molecule has 3 nitrogen and oxygen atoms in total. The molecule has 0 bridgehead atoms. The standard InChI is InChI=1S/C15H21N3/c1-2-6-15-14(5-1)13(12-17-15)4-3-9-18-10-7-16-8-11-18/h1-2,5-6,12,16-17H,3-4,7-11H2. The topological polar surface area (TPSA) is 31.1 Å². The first-order valence-corrected chi connectivity index (χ1v) is 6.91. The molecule has 0 atom stereocenters. The summed E-state index contributed by atoms with van der Waals surface area (Å²) in [7, 11) is 0. The molecule has 1 saturated heterocycles. The van der Waals surface area contributed by atoms with Gasteiger partial charge in [-0.2, -0.15) is 0 Å². The summed E-state index contributed by atoms with van der Waals surface area (Å²) in [5.41, 5.74) is 2.72. The number of nitrogens with zero attached hydrogens (tertiary/aromatic N) is 1. The first-order chi connectivity index (χ1) is 8.93. The third-order valence-electron chi connectivity index (χ3n) is 3.80. The van der Waals surface area contributed by atoms with Crippen LogP contribution in [-0.4, -0.2) is 42.6 Å². The fourth-order valence-corrected chi connectivity index (χ4v) is 2.77. The van der Waals surface area contributed by atoms with Crippen LogP contribution in [0, 0.1) is 0 Å². The summed E-state index contributed by atoms with van der Waals surface area (Å²) in [6, 6.07) is 8.57. The number of H-pyrrole nitrogens is 1. The molecular formula is C15H21N3. The van der Waals surface area contributed by atoms with E-state index in [2.05, 4.69) is 45.7 Å². The Hall–Kier alpha value is -1.32. The number of piperazine rings is 1. The number of rotatable bonds is 4. The van der Waals surface area contributed by atoms with Crippen molar-refractivity contribution in [3.63, 3.8) is 0 Å². The zero-order valence-corrected chi connectivity index (χ0v) is 10.8. The minimum Gasteiger partial charge on any atom is -0.361 e. The lowest BCUT2D eigenvalue weighted by Crippen LogP contribution is -2.43. The number of fused-ring (bicyclic) bond motifs is 1. The maximum atomic E-state index is 3.40. The third-order valence-corrected chi connectivity index (χ3v) is 3.80. The molecule has 1 fully saturated rings. The van der Waals surface area contributed by atoms with Crippen LogP contribution in [0.5, 0.6) is 0 Å². The number of aryl methyl sites for hydroxylation is 1. The molecule has 1 aliphatic heterocycles. The van der Waals surface area contributed by atoms with Gasteiger partial charge in [-0.25, -0.2) is 0 Å². The summed E-state index contributed by atoms with van der Waals surface area (Å²) in [5.74, 6) is 0. The summed E-state index contributed by atoms with van der Waals surface area (Å²) >= 11 is 0. The monoisotopic (exact) mass is 243 g/mol. The van der Waals surface area contributed by atoms with Crippen LogP contribution in [0.15, 0.2) is 30.5 Å². The van der Waals surface area contributed by atoms with Crippen LogP contribution in [0.25, 0.3) is 10.9 Å². The van der Waals surface area contributed by atoms with Gasteiger partial charge in [0.1, 0.15) is 0 Å². The fourth-order valence-electron chi connectivity index (χ4n) is 2.77. The predicted molar refractivity (Wildman–Crippen MR) is 75.9 cm³/mol. The highest BCUT2D eigenvalue weighted by molar-refractivity contribution is 5.82. The number of hydrogen-bond donors (Lipinski definition) is 2. The smallest absolute Gasteiger partial charge is 0.0456 e. The maximum absolute atomic E-state index is 3.40. The van der Waals surface area contributed by atoms with Gasteiger partial charge in [0.2, 0.25) is 0 Å². The van der Waals surface area contributed by atoms with Crippen LogP contribution in [0.1, 0.15) is 12.0 Å². The van der Waals surface area contributed by atoms with Crippen LogP contribution < -0.4 is 5.32 Å². The molecule has 1 aliphatic rings. The molecule has 0 aliphatic carbocycles. The molecule has 0 radical (unpaired) electrons. The van der Waals surface area contributed by atoms with E-state index in [4.69, 9.17) is 0 Å². The zero-order valence-electron chi connectivity index (χ0n) is 10.8. The lowest BCUT2D eigenvalue weighted by molar-refractivity contribution is 0.238. The van der Waals surface area contributed by atoms with Gasteiger partial charge in [0.05, 0.1) is 0 Å². The van der Waals surface area contributed by atoms with Gasteiger partial charge in [-0.1, -0.05) is 18.2 Å². The van der Waals surface area contributed by atoms with Crippen LogP contribution >= 0.6 is 0 Å². The number of hydrogen-bond acceptors (Lipinski definition) is 2. The summed E-state index contributed by atoms with van der Waals surface area (Å²) in [6.07, 6.45) is 4.60. The van der Waals surface area contributed by atoms with Gasteiger partial charge in [-0.05, 0) is 31.0 Å². The van der Waals surface area contributed by atoms with E-state index >= 15 is 0 Å². The van der Waals surface area contributed by atoms with Gasteiger partial charge in [0, 0.05) is 43.3 Å². The number of aromatic amines is 1. The zero-order chi connectivity index (χ0) is 12.2. The summed E-state index contributed by atoms with van der Waals surface area (Å²) < 4.78 is 0. The van der Waals surface area contributed by atoms with E-state index in [0.29, 0.717) is 0 Å². The molecule has 2 aromatic rings. The summed E-state index contributed by atoms with van der Waals surface area (Å²) in [5, 5.41) is 4.78. The highest BCUT2D eigenvalue weighted by Crippen LogP contribution is 2.19. The number of para-hydroxylation sites is 1. The van der Waals surface area contributed by atoms with Gasteiger partial charge in [0.15, 0.2) is 0 Å². The fraction of sp³-hybridized carbons (Fsp3) is 0.467. The Morgan fingerprint density at radius 3 is 2.83 bits per heavy atom. The highest BCUT2D eigenvalue weighted by Gasteiger charge is 2.09. The molecule has 3 heteroatoms. The second-order valence-electron chi connectivity index (χ2n) is 5.05. The molecule has 18 heavy (non-hydrogen) atoms. The maximum Gasteiger partial charge on any atom is 0.0456 e. The second kappa shape index (κ2) is 5.55. The van der Waals surface area contributed by atoms with Crippen molar-refractivity contribution < 1.29 is 0 Å². The van der Waals surface area contributed by atoms with Crippen LogP contribution in [0.3, 0.4) is 0 Å². The predicted octanol–water partition coefficient (Wildman–Crippen LogP) is 2.01. The Labute approximate surface area is 108 Å². The Morgan fingerprint density at radius 1 is 1.11 bits per heavy atom. The second-order valence-corrected chi connectivity index (χ2v) is 5.05. The highest BCUT2D eigenvalue weighted by atomic mass is 15.2. The van der Waals surface area contributed by atoms with Crippen molar-refractivity contribution in [1.82, 2.24) is 15.2 Å². The van der Waals surface area contributed by atoms with Crippen molar-refractivity contribution in [3.8, 4) is 0 Å². The van der Waals surface area contributed by atoms with Gasteiger partial charge in [-0.15, -0.1) is 0 Å². The van der Waals surface area contributed by atoms with Gasteiger partial charge in [0.25, 0.3) is 0 Å². The summed E-state index contributed by atoms with van der Waals surface area (Å²) in [6.45, 7) is 5.92. The van der Waals surface area contributed by atoms with Crippen LogP contribution in [-0.2, 0) is 6.42 Å². The first kappa shape index (κ1) is 11.8. The molecule has 2 heterocycles. The molecule has 0 saturated carbocycles. The lowest BCUT2D eigenvalue weighted by Gasteiger charge is -2.26. The Kier molecular flexibility index (Phi) is 3.62. The van der Waals surface area contributed by atoms with Gasteiger partial charge in [-0.3, -0.25) is 0 Å². The number of benzene rings is 1. The SMILES string of the molecule is c1ccc2c(CCCN3CCNCC3)c[nH]c2c1. The number of nitrogens with one attached hydrogen (secondary N) is 2. The van der Waals surface area contributed by atoms with E-state index < -0.39 is 0 Å². The van der Waals surface area contributed by atoms with Gasteiger partial charge < -0.3 is 15.2 Å². The Morgan fingerprint density at radius 2 is 1.94 bits per heavy atom. The van der Waals surface area contributed by atoms with E-state index in [0.717, 1.165) is 13.1 Å². The Bertz CT molecular complexity index is 497. The van der Waals surface area contributed by atoms with Crippen molar-refractivity contribution in [2.24, 2.45) is 0 Å². The lowest BCUT2D eigenvalue weighted by atomic mass is 10.1. The molecule has 1 aromatic heterocycles. The van der Waals surface area contributed by atoms with Crippen molar-refractivity contribution >= 4 is 10.9 Å². The molecular weight excluding hydrogens is 222 g/mol. The molecule has 96 valence electrons. The molecule has 3 rings (SSSR count). The first-order valence-electron chi connectivity index (χ1n) is 6.91. The van der Waals surface area contributed by atoms with E-state index in [9.17, 15) is 0 Å². The van der Waals surface area contributed by atoms with E-state index in [-0.39, 0.29) is 0 Å². The molecule has 0 unspecified atom stereocenters. The van der Waals surface area contributed by atoms with Gasteiger partial charge >= 0.3 is 0 Å².